The van der Waals surface area contributed by atoms with Gasteiger partial charge in [-0.25, -0.2) is 4.98 Å². The van der Waals surface area contributed by atoms with Crippen molar-refractivity contribution in [1.82, 2.24) is 4.98 Å². The zero-order valence-corrected chi connectivity index (χ0v) is 15.1. The zero-order valence-electron chi connectivity index (χ0n) is 15.1. The number of pyridine rings is 1. The highest BCUT2D eigenvalue weighted by molar-refractivity contribution is 5.84. The molecule has 0 aliphatic carbocycles. The van der Waals surface area contributed by atoms with Gasteiger partial charge in [-0.1, -0.05) is 30.3 Å². The van der Waals surface area contributed by atoms with Gasteiger partial charge >= 0.3 is 12.4 Å². The Kier molecular flexibility index (Phi) is 6.00. The fourth-order valence-electron chi connectivity index (χ4n) is 2.54. The van der Waals surface area contributed by atoms with Gasteiger partial charge in [0.05, 0.1) is 46.3 Å². The lowest BCUT2D eigenvalue weighted by Gasteiger charge is -2.09. The van der Waals surface area contributed by atoms with E-state index in [1.54, 1.807) is 6.07 Å². The third-order valence-electron chi connectivity index (χ3n) is 3.88. The summed E-state index contributed by atoms with van der Waals surface area (Å²) in [6.45, 7) is 0. The number of aliphatic imine (C=N–C) groups is 2. The normalized spacial score (nSPS) is 12.7. The number of para-hydroxylation sites is 2. The monoisotopic (exact) mass is 421 g/mol. The number of hydrogen-bond donors (Lipinski definition) is 0. The lowest BCUT2D eigenvalue weighted by Crippen LogP contribution is -2.05. The van der Waals surface area contributed by atoms with Gasteiger partial charge in [-0.05, 0) is 36.4 Å². The Hall–Kier alpha value is -3.49. The molecule has 0 saturated carbocycles. The fraction of sp³-hybridized carbons (Fsp3) is 0.0952. The van der Waals surface area contributed by atoms with Crippen molar-refractivity contribution in [2.45, 2.75) is 12.4 Å². The van der Waals surface area contributed by atoms with Crippen molar-refractivity contribution >= 4 is 23.8 Å². The standard InChI is InChI=1S/C21H13F6N3/c22-20(23,24)16-8-1-3-10-18(16)28-12-14-6-5-7-15(30-14)13-29-19-11-4-2-9-17(19)21(25,26)27/h1-13H. The van der Waals surface area contributed by atoms with Crippen molar-refractivity contribution in [2.24, 2.45) is 9.98 Å². The lowest BCUT2D eigenvalue weighted by atomic mass is 10.2. The minimum atomic E-state index is -4.55. The Morgan fingerprint density at radius 3 is 1.37 bits per heavy atom. The van der Waals surface area contributed by atoms with Crippen LogP contribution in [0.3, 0.4) is 0 Å². The zero-order chi connectivity index (χ0) is 21.8. The number of aromatic nitrogens is 1. The largest absolute Gasteiger partial charge is 0.418 e. The SMILES string of the molecule is FC(F)(F)c1ccccc1N=Cc1cccc(C=Nc2ccccc2C(F)(F)F)n1. The average Bonchev–Trinajstić information content (AvgIpc) is 2.70. The number of rotatable bonds is 4. The second-order valence-electron chi connectivity index (χ2n) is 6.03. The molecule has 0 atom stereocenters. The smallest absolute Gasteiger partial charge is 0.254 e. The first-order valence-corrected chi connectivity index (χ1v) is 8.52. The number of halogens is 6. The van der Waals surface area contributed by atoms with E-state index >= 15 is 0 Å². The van der Waals surface area contributed by atoms with Crippen LogP contribution in [0.4, 0.5) is 37.7 Å². The molecule has 3 aromatic rings. The molecule has 0 N–H and O–H groups in total. The van der Waals surface area contributed by atoms with Crippen LogP contribution in [0.2, 0.25) is 0 Å². The molecule has 9 heteroatoms. The highest BCUT2D eigenvalue weighted by Gasteiger charge is 2.33. The van der Waals surface area contributed by atoms with E-state index in [9.17, 15) is 26.3 Å². The fourth-order valence-corrected chi connectivity index (χ4v) is 2.54. The minimum absolute atomic E-state index is 0.222. The van der Waals surface area contributed by atoms with Crippen molar-refractivity contribution in [1.29, 1.82) is 0 Å². The number of alkyl halides is 6. The molecule has 1 heterocycles. The Balaban J connectivity index is 1.85. The van der Waals surface area contributed by atoms with Crippen LogP contribution in [0.25, 0.3) is 0 Å². The van der Waals surface area contributed by atoms with Crippen LogP contribution in [0.1, 0.15) is 22.5 Å². The van der Waals surface area contributed by atoms with Gasteiger partial charge < -0.3 is 0 Å². The Bertz CT molecular complexity index is 1000. The maximum atomic E-state index is 13.0. The third kappa shape index (κ3) is 5.31. The summed E-state index contributed by atoms with van der Waals surface area (Å²) in [7, 11) is 0. The van der Waals surface area contributed by atoms with Crippen LogP contribution >= 0.6 is 0 Å². The minimum Gasteiger partial charge on any atom is -0.254 e. The van der Waals surface area contributed by atoms with E-state index in [0.29, 0.717) is 0 Å². The van der Waals surface area contributed by atoms with Crippen molar-refractivity contribution in [3.63, 3.8) is 0 Å². The van der Waals surface area contributed by atoms with Crippen LogP contribution < -0.4 is 0 Å². The van der Waals surface area contributed by atoms with Gasteiger partial charge in [0.15, 0.2) is 0 Å². The molecular formula is C21H13F6N3. The quantitative estimate of drug-likeness (QED) is 0.345. The summed E-state index contributed by atoms with van der Waals surface area (Å²) in [5, 5.41) is 0. The van der Waals surface area contributed by atoms with Crippen LogP contribution in [0, 0.1) is 0 Å². The highest BCUT2D eigenvalue weighted by Crippen LogP contribution is 2.36. The van der Waals surface area contributed by atoms with E-state index in [4.69, 9.17) is 0 Å². The maximum absolute atomic E-state index is 13.0. The molecule has 0 aliphatic heterocycles. The Morgan fingerprint density at radius 1 is 0.567 bits per heavy atom. The summed E-state index contributed by atoms with van der Waals surface area (Å²) in [4.78, 5) is 11.8. The molecule has 3 nitrogen and oxygen atoms in total. The molecule has 154 valence electrons. The predicted octanol–water partition coefficient (Wildman–Crippen LogP) is 6.62. The average molecular weight is 421 g/mol. The van der Waals surface area contributed by atoms with Gasteiger partial charge in [0.2, 0.25) is 0 Å². The van der Waals surface area contributed by atoms with E-state index in [2.05, 4.69) is 15.0 Å². The molecule has 0 aliphatic rings. The summed E-state index contributed by atoms with van der Waals surface area (Å²) >= 11 is 0. The Labute approximate surface area is 167 Å². The molecule has 3 rings (SSSR count). The molecule has 0 bridgehead atoms. The molecule has 0 saturated heterocycles. The summed E-state index contributed by atoms with van der Waals surface area (Å²) in [6, 6.07) is 14.2. The lowest BCUT2D eigenvalue weighted by molar-refractivity contribution is -0.137. The highest BCUT2D eigenvalue weighted by atomic mass is 19.4. The van der Waals surface area contributed by atoms with Crippen LogP contribution in [0.15, 0.2) is 76.7 Å². The molecule has 0 radical (unpaired) electrons. The summed E-state index contributed by atoms with van der Waals surface area (Å²) < 4.78 is 78.2. The van der Waals surface area contributed by atoms with Crippen LogP contribution in [-0.4, -0.2) is 17.4 Å². The van der Waals surface area contributed by atoms with E-state index in [-0.39, 0.29) is 22.8 Å². The second-order valence-corrected chi connectivity index (χ2v) is 6.03. The topological polar surface area (TPSA) is 37.6 Å². The number of hydrogen-bond acceptors (Lipinski definition) is 3. The van der Waals surface area contributed by atoms with Gasteiger partial charge in [-0.2, -0.15) is 26.3 Å². The summed E-state index contributed by atoms with van der Waals surface area (Å²) in [5.74, 6) is 0. The molecule has 0 fully saturated rings. The van der Waals surface area contributed by atoms with Crippen molar-refractivity contribution in [3.05, 3.63) is 89.2 Å². The van der Waals surface area contributed by atoms with Crippen molar-refractivity contribution in [2.75, 3.05) is 0 Å². The first-order valence-electron chi connectivity index (χ1n) is 8.52. The van der Waals surface area contributed by atoms with E-state index in [1.165, 1.54) is 48.5 Å². The Morgan fingerprint density at radius 2 is 0.967 bits per heavy atom. The van der Waals surface area contributed by atoms with Gasteiger partial charge in [0.1, 0.15) is 0 Å². The van der Waals surface area contributed by atoms with Gasteiger partial charge in [0.25, 0.3) is 0 Å². The number of benzene rings is 2. The second kappa shape index (κ2) is 8.48. The van der Waals surface area contributed by atoms with Gasteiger partial charge in [-0.15, -0.1) is 0 Å². The molecule has 2 aromatic carbocycles. The first kappa shape index (κ1) is 21.2. The first-order chi connectivity index (χ1) is 14.1. The van der Waals surface area contributed by atoms with E-state index in [0.717, 1.165) is 24.6 Å². The van der Waals surface area contributed by atoms with Crippen LogP contribution in [-0.2, 0) is 12.4 Å². The molecule has 0 unspecified atom stereocenters. The van der Waals surface area contributed by atoms with Crippen molar-refractivity contribution < 1.29 is 26.3 Å². The van der Waals surface area contributed by atoms with Crippen molar-refractivity contribution in [3.8, 4) is 0 Å². The predicted molar refractivity (Wildman–Crippen MR) is 102 cm³/mol. The van der Waals surface area contributed by atoms with Gasteiger partial charge in [0, 0.05) is 0 Å². The summed E-state index contributed by atoms with van der Waals surface area (Å²) in [6.07, 6.45) is -6.82. The third-order valence-corrected chi connectivity index (χ3v) is 3.88. The molecule has 0 amide bonds. The van der Waals surface area contributed by atoms with E-state index < -0.39 is 23.5 Å². The van der Waals surface area contributed by atoms with Crippen LogP contribution in [0.5, 0.6) is 0 Å². The number of nitrogens with zero attached hydrogens (tertiary/aromatic N) is 3. The maximum Gasteiger partial charge on any atom is 0.418 e. The molecule has 30 heavy (non-hydrogen) atoms. The molecular weight excluding hydrogens is 408 g/mol. The van der Waals surface area contributed by atoms with Gasteiger partial charge in [-0.3, -0.25) is 9.98 Å². The van der Waals surface area contributed by atoms with E-state index in [1.807, 2.05) is 0 Å². The molecule has 0 spiro atoms. The molecule has 1 aromatic heterocycles. The summed E-state index contributed by atoms with van der Waals surface area (Å²) in [5.41, 5.74) is -1.87.